The van der Waals surface area contributed by atoms with Gasteiger partial charge in [0.25, 0.3) is 0 Å². The van der Waals surface area contributed by atoms with Crippen LogP contribution in [0.3, 0.4) is 0 Å². The van der Waals surface area contributed by atoms with Crippen molar-refractivity contribution in [2.75, 3.05) is 37.6 Å². The van der Waals surface area contributed by atoms with Crippen molar-refractivity contribution in [3.05, 3.63) is 37.2 Å². The molecule has 124 valence electrons. The highest BCUT2D eigenvalue weighted by Gasteiger charge is 2.19. The second kappa shape index (κ2) is 8.65. The van der Waals surface area contributed by atoms with E-state index in [1.807, 2.05) is 16.8 Å². The van der Waals surface area contributed by atoms with Gasteiger partial charge in [-0.3, -0.25) is 4.99 Å². The van der Waals surface area contributed by atoms with Gasteiger partial charge >= 0.3 is 0 Å². The summed E-state index contributed by atoms with van der Waals surface area (Å²) in [4.78, 5) is 21.3. The Bertz CT molecular complexity index is 593. The number of guanidine groups is 1. The first kappa shape index (κ1) is 17.4. The van der Waals surface area contributed by atoms with E-state index < -0.39 is 0 Å². The quantitative estimate of drug-likeness (QED) is 0.432. The first-order valence-electron chi connectivity index (χ1n) is 7.35. The van der Waals surface area contributed by atoms with Crippen molar-refractivity contribution >= 4 is 35.9 Å². The van der Waals surface area contributed by atoms with Crippen LogP contribution in [-0.4, -0.2) is 63.1 Å². The van der Waals surface area contributed by atoms with Crippen molar-refractivity contribution in [3.63, 3.8) is 0 Å². The molecule has 0 saturated carbocycles. The third kappa shape index (κ3) is 4.78. The molecule has 2 aromatic rings. The molecule has 0 amide bonds. The van der Waals surface area contributed by atoms with E-state index in [0.29, 0.717) is 12.5 Å². The van der Waals surface area contributed by atoms with E-state index in [2.05, 4.69) is 29.7 Å². The minimum absolute atomic E-state index is 0. The Morgan fingerprint density at radius 3 is 2.52 bits per heavy atom. The molecule has 2 N–H and O–H groups in total. The maximum absolute atomic E-state index is 6.07. The van der Waals surface area contributed by atoms with E-state index in [4.69, 9.17) is 5.73 Å². The van der Waals surface area contributed by atoms with Gasteiger partial charge in [0, 0.05) is 57.5 Å². The van der Waals surface area contributed by atoms with Gasteiger partial charge in [-0.15, -0.1) is 24.0 Å². The van der Waals surface area contributed by atoms with Gasteiger partial charge in [0.1, 0.15) is 0 Å². The van der Waals surface area contributed by atoms with Crippen LogP contribution < -0.4 is 10.6 Å². The third-order valence-electron chi connectivity index (χ3n) is 3.63. The SMILES string of the molecule is I.NC(=NCCn1ccnc1)N1CCN(c2ncccn2)CC1. The Balaban J connectivity index is 0.00000192. The molecule has 0 bridgehead atoms. The summed E-state index contributed by atoms with van der Waals surface area (Å²) < 4.78 is 1.99. The Kier molecular flexibility index (Phi) is 6.56. The molecule has 0 atom stereocenters. The predicted molar refractivity (Wildman–Crippen MR) is 99.9 cm³/mol. The van der Waals surface area contributed by atoms with Crippen molar-refractivity contribution in [3.8, 4) is 0 Å². The van der Waals surface area contributed by atoms with Gasteiger partial charge in [-0.1, -0.05) is 0 Å². The number of nitrogens with two attached hydrogens (primary N) is 1. The van der Waals surface area contributed by atoms with E-state index in [0.717, 1.165) is 38.7 Å². The highest BCUT2D eigenvalue weighted by Crippen LogP contribution is 2.09. The van der Waals surface area contributed by atoms with Gasteiger partial charge < -0.3 is 20.1 Å². The maximum atomic E-state index is 6.07. The Morgan fingerprint density at radius 1 is 1.13 bits per heavy atom. The Labute approximate surface area is 152 Å². The molecule has 8 nitrogen and oxygen atoms in total. The summed E-state index contributed by atoms with van der Waals surface area (Å²) in [6.07, 6.45) is 8.99. The molecule has 0 unspecified atom stereocenters. The summed E-state index contributed by atoms with van der Waals surface area (Å²) in [7, 11) is 0. The number of aromatic nitrogens is 4. The van der Waals surface area contributed by atoms with Gasteiger partial charge in [-0.25, -0.2) is 15.0 Å². The zero-order valence-corrected chi connectivity index (χ0v) is 15.2. The smallest absolute Gasteiger partial charge is 0.225 e. The monoisotopic (exact) mass is 428 g/mol. The van der Waals surface area contributed by atoms with Crippen LogP contribution in [0.15, 0.2) is 42.2 Å². The van der Waals surface area contributed by atoms with E-state index >= 15 is 0 Å². The van der Waals surface area contributed by atoms with Crippen LogP contribution >= 0.6 is 24.0 Å². The normalized spacial score (nSPS) is 15.4. The molecule has 0 radical (unpaired) electrons. The van der Waals surface area contributed by atoms with Gasteiger partial charge in [0.2, 0.25) is 5.95 Å². The Morgan fingerprint density at radius 2 is 1.87 bits per heavy atom. The fraction of sp³-hybridized carbons (Fsp3) is 0.429. The molecule has 0 aromatic carbocycles. The van der Waals surface area contributed by atoms with Crippen LogP contribution in [0, 0.1) is 0 Å². The fourth-order valence-electron chi connectivity index (χ4n) is 2.39. The second-order valence-electron chi connectivity index (χ2n) is 5.06. The summed E-state index contributed by atoms with van der Waals surface area (Å²) in [6, 6.07) is 1.82. The van der Waals surface area contributed by atoms with E-state index in [9.17, 15) is 0 Å². The minimum Gasteiger partial charge on any atom is -0.370 e. The summed E-state index contributed by atoms with van der Waals surface area (Å²) in [5, 5.41) is 0. The number of piperazine rings is 1. The lowest BCUT2D eigenvalue weighted by Crippen LogP contribution is -2.51. The molecule has 1 aliphatic heterocycles. The summed E-state index contributed by atoms with van der Waals surface area (Å²) in [5.41, 5.74) is 6.07. The standard InChI is InChI=1S/C14H20N8.HI/c15-13(17-5-7-20-6-4-16-12-20)21-8-10-22(11-9-21)14-18-2-1-3-19-14;/h1-4,6,12H,5,7-11H2,(H2,15,17);1H. The highest BCUT2D eigenvalue weighted by atomic mass is 127. The molecule has 3 heterocycles. The topological polar surface area (TPSA) is 88.5 Å². The lowest BCUT2D eigenvalue weighted by Gasteiger charge is -2.35. The lowest BCUT2D eigenvalue weighted by atomic mass is 10.3. The third-order valence-corrected chi connectivity index (χ3v) is 3.63. The van der Waals surface area contributed by atoms with Crippen LogP contribution in [0.2, 0.25) is 0 Å². The zero-order chi connectivity index (χ0) is 15.2. The average Bonchev–Trinajstić information content (AvgIpc) is 3.09. The molecule has 1 aliphatic rings. The molecule has 1 saturated heterocycles. The molecule has 0 aliphatic carbocycles. The van der Waals surface area contributed by atoms with E-state index in [1.165, 1.54) is 0 Å². The summed E-state index contributed by atoms with van der Waals surface area (Å²) in [6.45, 7) is 4.81. The first-order valence-corrected chi connectivity index (χ1v) is 7.35. The van der Waals surface area contributed by atoms with Crippen molar-refractivity contribution in [2.24, 2.45) is 10.7 Å². The van der Waals surface area contributed by atoms with Crippen LogP contribution in [-0.2, 0) is 6.54 Å². The number of anilines is 1. The van der Waals surface area contributed by atoms with Crippen molar-refractivity contribution in [2.45, 2.75) is 6.54 Å². The van der Waals surface area contributed by atoms with Crippen LogP contribution in [0.1, 0.15) is 0 Å². The number of aliphatic imine (C=N–C) groups is 1. The van der Waals surface area contributed by atoms with E-state index in [1.54, 1.807) is 24.9 Å². The molecular weight excluding hydrogens is 407 g/mol. The molecule has 0 spiro atoms. The van der Waals surface area contributed by atoms with Crippen LogP contribution in [0.5, 0.6) is 0 Å². The molecule has 9 heteroatoms. The highest BCUT2D eigenvalue weighted by molar-refractivity contribution is 14.0. The molecule has 3 rings (SSSR count). The largest absolute Gasteiger partial charge is 0.370 e. The van der Waals surface area contributed by atoms with Crippen LogP contribution in [0.25, 0.3) is 0 Å². The maximum Gasteiger partial charge on any atom is 0.225 e. The number of hydrogen-bond acceptors (Lipinski definition) is 5. The van der Waals surface area contributed by atoms with Gasteiger partial charge in [-0.05, 0) is 6.07 Å². The second-order valence-corrected chi connectivity index (χ2v) is 5.06. The number of rotatable bonds is 4. The zero-order valence-electron chi connectivity index (χ0n) is 12.8. The average molecular weight is 428 g/mol. The number of halogens is 1. The Hall–Kier alpha value is -1.91. The summed E-state index contributed by atoms with van der Waals surface area (Å²) in [5.74, 6) is 1.38. The van der Waals surface area contributed by atoms with Gasteiger partial charge in [-0.2, -0.15) is 0 Å². The summed E-state index contributed by atoms with van der Waals surface area (Å²) >= 11 is 0. The molecule has 23 heavy (non-hydrogen) atoms. The number of nitrogens with zero attached hydrogens (tertiary/aromatic N) is 7. The lowest BCUT2D eigenvalue weighted by molar-refractivity contribution is 0.378. The van der Waals surface area contributed by atoms with Crippen molar-refractivity contribution in [1.82, 2.24) is 24.4 Å². The minimum atomic E-state index is 0. The predicted octanol–water partition coefficient (Wildman–Crippen LogP) is 0.428. The fourth-order valence-corrected chi connectivity index (χ4v) is 2.39. The van der Waals surface area contributed by atoms with E-state index in [-0.39, 0.29) is 24.0 Å². The molecule has 1 fully saturated rings. The van der Waals surface area contributed by atoms with Crippen LogP contribution in [0.4, 0.5) is 5.95 Å². The first-order chi connectivity index (χ1) is 10.8. The van der Waals surface area contributed by atoms with Gasteiger partial charge in [0.05, 0.1) is 12.9 Å². The molecule has 2 aromatic heterocycles. The van der Waals surface area contributed by atoms with Crippen molar-refractivity contribution < 1.29 is 0 Å². The van der Waals surface area contributed by atoms with Gasteiger partial charge in [0.15, 0.2) is 5.96 Å². The number of imidazole rings is 1. The molecular formula is C14H21IN8. The van der Waals surface area contributed by atoms with Crippen molar-refractivity contribution in [1.29, 1.82) is 0 Å². The number of hydrogen-bond donors (Lipinski definition) is 1.